The lowest BCUT2D eigenvalue weighted by Gasteiger charge is -2.16. The second kappa shape index (κ2) is 13.7. The maximum Gasteiger partial charge on any atom is 0.329 e. The molecule has 198 valence electrons. The Bertz CT molecular complexity index is 1130. The van der Waals surface area contributed by atoms with Gasteiger partial charge in [0.05, 0.1) is 27.5 Å². The average Bonchev–Trinajstić information content (AvgIpc) is 3.47. The van der Waals surface area contributed by atoms with Gasteiger partial charge in [-0.3, -0.25) is 14.4 Å². The lowest BCUT2D eigenvalue weighted by Crippen LogP contribution is -2.38. The van der Waals surface area contributed by atoms with Crippen LogP contribution in [0, 0.1) is 0 Å². The Hall–Kier alpha value is -4.28. The van der Waals surface area contributed by atoms with Gasteiger partial charge in [0.25, 0.3) is 5.91 Å². The van der Waals surface area contributed by atoms with Crippen LogP contribution < -0.4 is 29.7 Å². The molecular weight excluding hydrogens is 480 g/mol. The van der Waals surface area contributed by atoms with Gasteiger partial charge < -0.3 is 29.2 Å². The summed E-state index contributed by atoms with van der Waals surface area (Å²) in [5.74, 6) is 0.278. The number of carbonyl (C=O) groups is 3. The third-order valence-corrected chi connectivity index (χ3v) is 5.73. The number of nitrogens with zero attached hydrogens (tertiary/aromatic N) is 2. The van der Waals surface area contributed by atoms with Crippen molar-refractivity contribution in [1.82, 2.24) is 15.6 Å². The van der Waals surface area contributed by atoms with E-state index in [1.807, 2.05) is 12.1 Å². The number of amides is 3. The lowest BCUT2D eigenvalue weighted by atomic mass is 10.1. The summed E-state index contributed by atoms with van der Waals surface area (Å²) in [6.07, 6.45) is 3.90. The molecule has 0 saturated carbocycles. The number of rotatable bonds is 11. The highest BCUT2D eigenvalue weighted by Crippen LogP contribution is 2.28. The van der Waals surface area contributed by atoms with Crippen molar-refractivity contribution >= 4 is 23.9 Å². The highest BCUT2D eigenvalue weighted by Gasteiger charge is 2.19. The van der Waals surface area contributed by atoms with Crippen LogP contribution in [0.2, 0.25) is 0 Å². The van der Waals surface area contributed by atoms with E-state index >= 15 is 0 Å². The zero-order valence-electron chi connectivity index (χ0n) is 21.2. The van der Waals surface area contributed by atoms with Gasteiger partial charge in [-0.25, -0.2) is 5.43 Å². The first kappa shape index (κ1) is 27.3. The van der Waals surface area contributed by atoms with E-state index in [-0.39, 0.29) is 19.1 Å². The topological polar surface area (TPSA) is 128 Å². The van der Waals surface area contributed by atoms with Crippen LogP contribution in [0.3, 0.4) is 0 Å². The first-order valence-corrected chi connectivity index (χ1v) is 11.9. The molecule has 11 heteroatoms. The molecule has 37 heavy (non-hydrogen) atoms. The van der Waals surface area contributed by atoms with Crippen LogP contribution in [-0.2, 0) is 20.8 Å². The molecule has 1 aliphatic heterocycles. The number of hydrogen-bond acceptors (Lipinski definition) is 8. The number of ether oxygens (including phenoxy) is 4. The van der Waals surface area contributed by atoms with Crippen molar-refractivity contribution in [2.75, 3.05) is 47.6 Å². The van der Waals surface area contributed by atoms with Crippen molar-refractivity contribution < 1.29 is 33.3 Å². The minimum Gasteiger partial charge on any atom is -0.493 e. The van der Waals surface area contributed by atoms with E-state index in [0.29, 0.717) is 35.0 Å². The maximum absolute atomic E-state index is 12.2. The van der Waals surface area contributed by atoms with Gasteiger partial charge in [-0.2, -0.15) is 5.10 Å². The zero-order chi connectivity index (χ0) is 26.6. The van der Waals surface area contributed by atoms with Gasteiger partial charge in [0.2, 0.25) is 0 Å². The Morgan fingerprint density at radius 3 is 2.27 bits per heavy atom. The van der Waals surface area contributed by atoms with Gasteiger partial charge in [0, 0.05) is 19.6 Å². The lowest BCUT2D eigenvalue weighted by molar-refractivity contribution is -0.139. The summed E-state index contributed by atoms with van der Waals surface area (Å²) in [6, 6.07) is 10.4. The summed E-state index contributed by atoms with van der Waals surface area (Å²) in [5.41, 5.74) is 3.71. The molecule has 1 aliphatic rings. The van der Waals surface area contributed by atoms with Crippen LogP contribution in [0.5, 0.6) is 23.0 Å². The molecule has 0 aliphatic carbocycles. The van der Waals surface area contributed by atoms with Crippen LogP contribution in [0.4, 0.5) is 0 Å². The van der Waals surface area contributed by atoms with E-state index in [9.17, 15) is 14.4 Å². The van der Waals surface area contributed by atoms with Crippen molar-refractivity contribution in [2.24, 2.45) is 5.10 Å². The Kier molecular flexibility index (Phi) is 10.1. The first-order valence-electron chi connectivity index (χ1n) is 11.9. The molecule has 0 atom stereocenters. The van der Waals surface area contributed by atoms with E-state index in [1.165, 1.54) is 13.3 Å². The van der Waals surface area contributed by atoms with Crippen molar-refractivity contribution in [3.05, 3.63) is 47.5 Å². The van der Waals surface area contributed by atoms with Crippen LogP contribution in [0.25, 0.3) is 0 Å². The van der Waals surface area contributed by atoms with Crippen LogP contribution >= 0.6 is 0 Å². The van der Waals surface area contributed by atoms with E-state index in [4.69, 9.17) is 18.9 Å². The van der Waals surface area contributed by atoms with Gasteiger partial charge in [-0.05, 0) is 60.7 Å². The van der Waals surface area contributed by atoms with Crippen LogP contribution in [0.1, 0.15) is 24.0 Å². The zero-order valence-corrected chi connectivity index (χ0v) is 21.2. The fraction of sp³-hybridized carbons (Fsp3) is 0.385. The molecule has 0 unspecified atom stereocenters. The number of likely N-dealkylation sites (tertiary alicyclic amines) is 1. The van der Waals surface area contributed by atoms with Crippen LogP contribution in [-0.4, -0.2) is 76.4 Å². The van der Waals surface area contributed by atoms with E-state index in [1.54, 1.807) is 43.4 Å². The average molecular weight is 513 g/mol. The molecule has 0 radical (unpaired) electrons. The monoisotopic (exact) mass is 512 g/mol. The minimum atomic E-state index is -0.893. The SMILES string of the molecule is COc1ccc(CCNC(=O)C(=O)N/N=C\c2ccc(OCC(=O)N3CCCC3)c(OC)c2)cc1OC. The smallest absolute Gasteiger partial charge is 0.329 e. The predicted octanol–water partition coefficient (Wildman–Crippen LogP) is 1.52. The number of nitrogens with one attached hydrogen (secondary N) is 2. The molecule has 0 bridgehead atoms. The Morgan fingerprint density at radius 1 is 0.892 bits per heavy atom. The van der Waals surface area contributed by atoms with Gasteiger partial charge in [0.15, 0.2) is 29.6 Å². The number of methoxy groups -OCH3 is 3. The van der Waals surface area contributed by atoms with Gasteiger partial charge in [-0.15, -0.1) is 0 Å². The molecule has 1 heterocycles. The molecule has 3 rings (SSSR count). The standard InChI is InChI=1S/C26H32N4O7/c1-34-20-8-6-18(14-22(20)35-2)10-11-27-25(32)26(33)29-28-16-19-7-9-21(23(15-19)36-3)37-17-24(31)30-12-4-5-13-30/h6-9,14-16H,4-5,10-13,17H2,1-3H3,(H,27,32)(H,29,33)/b28-16-. The third kappa shape index (κ3) is 7.86. The number of hydrogen-bond donors (Lipinski definition) is 2. The number of carbonyl (C=O) groups excluding carboxylic acids is 3. The second-order valence-electron chi connectivity index (χ2n) is 8.18. The van der Waals surface area contributed by atoms with Crippen molar-refractivity contribution in [3.63, 3.8) is 0 Å². The molecular formula is C26H32N4O7. The Balaban J connectivity index is 1.45. The summed E-state index contributed by atoms with van der Waals surface area (Å²) in [4.78, 5) is 38.1. The van der Waals surface area contributed by atoms with E-state index < -0.39 is 11.8 Å². The highest BCUT2D eigenvalue weighted by atomic mass is 16.5. The Labute approximate surface area is 215 Å². The summed E-state index contributed by atoms with van der Waals surface area (Å²) < 4.78 is 21.4. The largest absolute Gasteiger partial charge is 0.493 e. The van der Waals surface area contributed by atoms with E-state index in [2.05, 4.69) is 15.8 Å². The second-order valence-corrected chi connectivity index (χ2v) is 8.18. The molecule has 2 aromatic carbocycles. The number of hydrazone groups is 1. The summed E-state index contributed by atoms with van der Waals surface area (Å²) in [6.45, 7) is 1.71. The van der Waals surface area contributed by atoms with Crippen molar-refractivity contribution in [2.45, 2.75) is 19.3 Å². The van der Waals surface area contributed by atoms with Crippen molar-refractivity contribution in [3.8, 4) is 23.0 Å². The molecule has 2 N–H and O–H groups in total. The molecule has 0 spiro atoms. The molecule has 0 aromatic heterocycles. The van der Waals surface area contributed by atoms with Gasteiger partial charge in [-0.1, -0.05) is 6.07 Å². The minimum absolute atomic E-state index is 0.0603. The van der Waals surface area contributed by atoms with Crippen LogP contribution in [0.15, 0.2) is 41.5 Å². The third-order valence-electron chi connectivity index (χ3n) is 5.73. The van der Waals surface area contributed by atoms with Gasteiger partial charge >= 0.3 is 11.8 Å². The Morgan fingerprint density at radius 2 is 1.57 bits per heavy atom. The summed E-state index contributed by atoms with van der Waals surface area (Å²) in [7, 11) is 4.59. The quantitative estimate of drug-likeness (QED) is 0.265. The maximum atomic E-state index is 12.2. The fourth-order valence-electron chi connectivity index (χ4n) is 3.73. The molecule has 1 fully saturated rings. The van der Waals surface area contributed by atoms with Gasteiger partial charge in [0.1, 0.15) is 0 Å². The summed E-state index contributed by atoms with van der Waals surface area (Å²) in [5, 5.41) is 6.38. The van der Waals surface area contributed by atoms with Crippen molar-refractivity contribution in [1.29, 1.82) is 0 Å². The summed E-state index contributed by atoms with van der Waals surface area (Å²) >= 11 is 0. The molecule has 1 saturated heterocycles. The first-order chi connectivity index (χ1) is 17.9. The molecule has 3 amide bonds. The number of benzene rings is 2. The molecule has 11 nitrogen and oxygen atoms in total. The predicted molar refractivity (Wildman–Crippen MR) is 136 cm³/mol. The highest BCUT2D eigenvalue weighted by molar-refractivity contribution is 6.35. The fourth-order valence-corrected chi connectivity index (χ4v) is 3.73. The van der Waals surface area contributed by atoms with E-state index in [0.717, 1.165) is 31.5 Å². The molecule has 2 aromatic rings. The normalized spacial score (nSPS) is 12.8.